The molecular formula is C43H48FNO15S. The second-order valence-corrected chi connectivity index (χ2v) is 17.0. The lowest BCUT2D eigenvalue weighted by molar-refractivity contribution is -0.341. The van der Waals surface area contributed by atoms with Gasteiger partial charge in [0.25, 0.3) is 0 Å². The fraction of sp³-hybridized carbons (Fsp3) is 0.419. The van der Waals surface area contributed by atoms with E-state index in [2.05, 4.69) is 0 Å². The van der Waals surface area contributed by atoms with Crippen molar-refractivity contribution in [1.29, 1.82) is 0 Å². The van der Waals surface area contributed by atoms with E-state index in [1.807, 2.05) is 6.07 Å². The summed E-state index contributed by atoms with van der Waals surface area (Å²) in [6, 6.07) is 27.2. The second-order valence-electron chi connectivity index (χ2n) is 15.3. The van der Waals surface area contributed by atoms with E-state index >= 15 is 0 Å². The van der Waals surface area contributed by atoms with Crippen molar-refractivity contribution in [2.45, 2.75) is 86.2 Å². The van der Waals surface area contributed by atoms with Gasteiger partial charge in [0.1, 0.15) is 72.3 Å². The highest BCUT2D eigenvalue weighted by Gasteiger charge is 2.52. The van der Waals surface area contributed by atoms with E-state index in [0.717, 1.165) is 0 Å². The molecule has 0 aromatic heterocycles. The van der Waals surface area contributed by atoms with Crippen LogP contribution in [0.1, 0.15) is 36.1 Å². The molecule has 3 aliphatic rings. The number of aliphatic hydroxyl groups is 8. The van der Waals surface area contributed by atoms with Crippen LogP contribution in [0.5, 0.6) is 5.75 Å². The molecule has 0 bridgehead atoms. The molecule has 3 fully saturated rings. The van der Waals surface area contributed by atoms with Crippen molar-refractivity contribution in [3.05, 3.63) is 120 Å². The Balaban J connectivity index is 1.16. The van der Waals surface area contributed by atoms with E-state index in [4.69, 9.17) is 18.4 Å². The van der Waals surface area contributed by atoms with Crippen LogP contribution in [0.25, 0.3) is 11.1 Å². The van der Waals surface area contributed by atoms with Crippen molar-refractivity contribution in [1.82, 2.24) is 0 Å². The summed E-state index contributed by atoms with van der Waals surface area (Å²) in [6.45, 7) is -1.66. The lowest BCUT2D eigenvalue weighted by Gasteiger charge is -2.48. The Hall–Kier alpha value is -4.41. The van der Waals surface area contributed by atoms with Crippen LogP contribution in [0.3, 0.4) is 0 Å². The van der Waals surface area contributed by atoms with Gasteiger partial charge < -0.3 is 64.1 Å². The van der Waals surface area contributed by atoms with Gasteiger partial charge in [-0.3, -0.25) is 4.79 Å². The van der Waals surface area contributed by atoms with Gasteiger partial charge in [0.2, 0.25) is 5.91 Å². The minimum absolute atomic E-state index is 0.115. The largest absolute Gasteiger partial charge is 0.394 e. The topological polar surface area (TPSA) is 253 Å². The number of hydrogen-bond donors (Lipinski definition) is 8. The van der Waals surface area contributed by atoms with Crippen molar-refractivity contribution in [3.63, 3.8) is 0 Å². The maximum absolute atomic E-state index is 14.1. The zero-order chi connectivity index (χ0) is 43.6. The van der Waals surface area contributed by atoms with E-state index in [9.17, 15) is 58.5 Å². The number of ether oxygens (including phenoxy) is 3. The van der Waals surface area contributed by atoms with Crippen LogP contribution in [-0.2, 0) is 29.1 Å². The zero-order valence-electron chi connectivity index (χ0n) is 32.5. The maximum Gasteiger partial charge on any atom is 0.311 e. The summed E-state index contributed by atoms with van der Waals surface area (Å²) in [4.78, 5) is 15.4. The SMILES string of the molecule is O=C1[C@H](CCC(O)c2ccc(F)cc2)C(c2ccc(-c3ccccc3)cc2OS(=O)(=O)CC2OC(CO)C(OC3OC(CO)C(O)C(O)C3O)C(O)C2O)N1c1ccccc1. The molecule has 3 heterocycles. The monoisotopic (exact) mass is 869 g/mol. The highest BCUT2D eigenvalue weighted by molar-refractivity contribution is 7.87. The van der Waals surface area contributed by atoms with Gasteiger partial charge in [0, 0.05) is 11.3 Å². The summed E-state index contributed by atoms with van der Waals surface area (Å²) in [5.74, 6) is -2.72. The van der Waals surface area contributed by atoms with E-state index in [-0.39, 0.29) is 24.5 Å². The lowest BCUT2D eigenvalue weighted by atomic mass is 9.77. The molecule has 7 rings (SSSR count). The molecule has 0 spiro atoms. The number of para-hydroxylation sites is 1. The molecule has 3 aliphatic heterocycles. The van der Waals surface area contributed by atoms with Crippen LogP contribution in [0, 0.1) is 11.7 Å². The van der Waals surface area contributed by atoms with Gasteiger partial charge >= 0.3 is 10.1 Å². The number of rotatable bonds is 15. The maximum atomic E-state index is 14.1. The third-order valence-electron chi connectivity index (χ3n) is 11.4. The molecule has 13 atom stereocenters. The molecule has 0 aliphatic carbocycles. The minimum Gasteiger partial charge on any atom is -0.394 e. The van der Waals surface area contributed by atoms with Crippen LogP contribution in [0.2, 0.25) is 0 Å². The van der Waals surface area contributed by atoms with E-state index in [1.165, 1.54) is 35.2 Å². The first-order valence-corrected chi connectivity index (χ1v) is 21.3. The normalized spacial score (nSPS) is 31.0. The first kappa shape index (κ1) is 44.6. The highest BCUT2D eigenvalue weighted by Crippen LogP contribution is 2.49. The van der Waals surface area contributed by atoms with Crippen molar-refractivity contribution in [2.24, 2.45) is 5.92 Å². The van der Waals surface area contributed by atoms with Crippen LogP contribution in [0.15, 0.2) is 103 Å². The Morgan fingerprint density at radius 3 is 2.02 bits per heavy atom. The first-order valence-electron chi connectivity index (χ1n) is 19.7. The van der Waals surface area contributed by atoms with Gasteiger partial charge in [-0.05, 0) is 59.9 Å². The van der Waals surface area contributed by atoms with Crippen LogP contribution in [0.4, 0.5) is 10.1 Å². The summed E-state index contributed by atoms with van der Waals surface area (Å²) < 4.78 is 64.3. The average Bonchev–Trinajstić information content (AvgIpc) is 3.26. The van der Waals surface area contributed by atoms with Gasteiger partial charge in [0.05, 0.1) is 31.3 Å². The number of halogens is 1. The van der Waals surface area contributed by atoms with E-state index in [0.29, 0.717) is 27.9 Å². The molecule has 0 saturated carbocycles. The van der Waals surface area contributed by atoms with E-state index < -0.39 is 114 Å². The van der Waals surface area contributed by atoms with Gasteiger partial charge in [-0.2, -0.15) is 8.42 Å². The Kier molecular flexibility index (Phi) is 13.8. The number of aliphatic hydroxyl groups excluding tert-OH is 8. The molecule has 328 valence electrons. The summed E-state index contributed by atoms with van der Waals surface area (Å²) >= 11 is 0. The fourth-order valence-electron chi connectivity index (χ4n) is 8.09. The Bertz CT molecular complexity index is 2200. The standard InChI is InChI=1S/C43H48FNO15S/c44-26-14-11-24(12-15-26)30(48)18-17-29-35(45(42(29)54)27-9-5-2-6-10-27)28-16-13-25(23-7-3-1-4-8-23)19-31(28)60-61(55,56)22-34-37(50)39(52)41(33(21-47)57-34)59-43-40(53)38(51)36(49)32(20-46)58-43/h1-16,19,29-30,32-41,43,46-53H,17-18,20-22H2/t29-,30?,32?,33?,34?,35?,36?,37?,38?,39?,40?,41?,43?/m1/s1. The van der Waals surface area contributed by atoms with Crippen LogP contribution >= 0.6 is 0 Å². The van der Waals surface area contributed by atoms with Crippen LogP contribution in [-0.4, -0.2) is 135 Å². The minimum atomic E-state index is -4.76. The molecule has 0 radical (unpaired) electrons. The molecular weight excluding hydrogens is 822 g/mol. The smallest absolute Gasteiger partial charge is 0.311 e. The second kappa shape index (κ2) is 18.9. The molecule has 18 heteroatoms. The van der Waals surface area contributed by atoms with Gasteiger partial charge in [0.15, 0.2) is 6.29 Å². The number of carbonyl (C=O) groups excluding carboxylic acids is 1. The quantitative estimate of drug-likeness (QED) is 0.0615. The Morgan fingerprint density at radius 1 is 0.721 bits per heavy atom. The Morgan fingerprint density at radius 2 is 1.36 bits per heavy atom. The predicted octanol–water partition coefficient (Wildman–Crippen LogP) is 1.09. The van der Waals surface area contributed by atoms with Gasteiger partial charge in [-0.15, -0.1) is 0 Å². The highest BCUT2D eigenvalue weighted by atomic mass is 32.2. The number of β-lactam (4-membered cyclic amide) rings is 1. The molecule has 3 saturated heterocycles. The Labute approximate surface area is 350 Å². The molecule has 16 nitrogen and oxygen atoms in total. The van der Waals surface area contributed by atoms with Crippen LogP contribution < -0.4 is 9.08 Å². The molecule has 8 N–H and O–H groups in total. The van der Waals surface area contributed by atoms with Gasteiger partial charge in [-0.25, -0.2) is 4.39 Å². The summed E-state index contributed by atoms with van der Waals surface area (Å²) in [7, 11) is -4.76. The summed E-state index contributed by atoms with van der Waals surface area (Å²) in [5.41, 5.74) is 2.56. The third kappa shape index (κ3) is 9.51. The van der Waals surface area contributed by atoms with Crippen molar-refractivity contribution in [2.75, 3.05) is 23.9 Å². The summed E-state index contributed by atoms with van der Waals surface area (Å²) in [6.07, 6.45) is -18.2. The molecule has 4 aromatic carbocycles. The first-order chi connectivity index (χ1) is 29.2. The fourth-order valence-corrected chi connectivity index (χ4v) is 9.25. The molecule has 12 unspecified atom stereocenters. The van der Waals surface area contributed by atoms with E-state index in [1.54, 1.807) is 66.7 Å². The van der Waals surface area contributed by atoms with Crippen molar-refractivity contribution < 1.29 is 76.8 Å². The molecule has 4 aromatic rings. The van der Waals surface area contributed by atoms with Crippen molar-refractivity contribution in [3.8, 4) is 16.9 Å². The number of benzene rings is 4. The zero-order valence-corrected chi connectivity index (χ0v) is 33.3. The lowest BCUT2D eigenvalue weighted by Crippen LogP contribution is -2.65. The number of amides is 1. The number of anilines is 1. The number of nitrogens with zero attached hydrogens (tertiary/aromatic N) is 1. The molecule has 61 heavy (non-hydrogen) atoms. The average molecular weight is 870 g/mol. The van der Waals surface area contributed by atoms with Gasteiger partial charge in [-0.1, -0.05) is 72.8 Å². The third-order valence-corrected chi connectivity index (χ3v) is 12.6. The number of carbonyl (C=O) groups is 1. The molecule has 1 amide bonds. The predicted molar refractivity (Wildman–Crippen MR) is 213 cm³/mol. The summed E-state index contributed by atoms with van der Waals surface area (Å²) in [5, 5.41) is 83.9. The number of hydrogen-bond acceptors (Lipinski definition) is 15. The van der Waals surface area contributed by atoms with Crippen molar-refractivity contribution >= 4 is 21.7 Å².